The first-order valence-corrected chi connectivity index (χ1v) is 12.9. The Morgan fingerprint density at radius 1 is 0.970 bits per heavy atom. The molecule has 0 radical (unpaired) electrons. The minimum Gasteiger partial charge on any atom is -0.478 e. The summed E-state index contributed by atoms with van der Waals surface area (Å²) in [4.78, 5) is 11.6. The predicted molar refractivity (Wildman–Crippen MR) is 117 cm³/mol. The van der Waals surface area contributed by atoms with Gasteiger partial charge in [0.15, 0.2) is 9.84 Å². The molecule has 0 spiro atoms. The van der Waals surface area contributed by atoms with E-state index in [1.807, 2.05) is 0 Å². The molecule has 1 atom stereocenters. The molecule has 0 aromatic heterocycles. The van der Waals surface area contributed by atoms with Crippen molar-refractivity contribution in [3.05, 3.63) is 89.7 Å². The van der Waals surface area contributed by atoms with Crippen LogP contribution in [0.25, 0.3) is 0 Å². The lowest BCUT2D eigenvalue weighted by Crippen LogP contribution is -2.23. The number of sulfonamides is 1. The monoisotopic (exact) mass is 493 g/mol. The molecule has 3 rings (SSSR count). The Kier molecular flexibility index (Phi) is 7.15. The highest BCUT2D eigenvalue weighted by Crippen LogP contribution is 2.25. The quantitative estimate of drug-likeness (QED) is 0.469. The van der Waals surface area contributed by atoms with Crippen molar-refractivity contribution in [2.75, 3.05) is 6.26 Å². The van der Waals surface area contributed by atoms with Crippen molar-refractivity contribution in [1.82, 2.24) is 4.72 Å². The standard InChI is InChI=1S/C22H20FNO7S2/c1-32(27,28)20-4-2-3-16(13-20)21(22(25)26)31-18-9-5-15(6-10-18)14-24-33(29,30)19-11-7-17(23)8-12-19/h2-13,21,24H,14H2,1H3,(H,25,26). The summed E-state index contributed by atoms with van der Waals surface area (Å²) in [6, 6.07) is 15.9. The molecule has 2 N–H and O–H groups in total. The highest BCUT2D eigenvalue weighted by molar-refractivity contribution is 7.90. The molecule has 0 bridgehead atoms. The van der Waals surface area contributed by atoms with E-state index in [0.717, 1.165) is 30.5 Å². The minimum absolute atomic E-state index is 0.0290. The Labute approximate surface area is 190 Å². The van der Waals surface area contributed by atoms with Crippen LogP contribution in [0.15, 0.2) is 82.6 Å². The van der Waals surface area contributed by atoms with E-state index in [1.165, 1.54) is 36.4 Å². The van der Waals surface area contributed by atoms with Gasteiger partial charge in [0, 0.05) is 18.4 Å². The average molecular weight is 494 g/mol. The van der Waals surface area contributed by atoms with E-state index in [2.05, 4.69) is 4.72 Å². The van der Waals surface area contributed by atoms with Crippen LogP contribution in [0.1, 0.15) is 17.2 Å². The van der Waals surface area contributed by atoms with Gasteiger partial charge < -0.3 is 9.84 Å². The molecule has 0 saturated heterocycles. The van der Waals surface area contributed by atoms with Crippen LogP contribution in [0.5, 0.6) is 5.75 Å². The number of rotatable bonds is 9. The molecule has 1 unspecified atom stereocenters. The van der Waals surface area contributed by atoms with Gasteiger partial charge in [-0.1, -0.05) is 24.3 Å². The number of carbonyl (C=O) groups is 1. The molecule has 8 nitrogen and oxygen atoms in total. The molecule has 33 heavy (non-hydrogen) atoms. The van der Waals surface area contributed by atoms with Gasteiger partial charge in [0.2, 0.25) is 16.1 Å². The number of hydrogen-bond acceptors (Lipinski definition) is 6. The van der Waals surface area contributed by atoms with Crippen molar-refractivity contribution >= 4 is 25.8 Å². The van der Waals surface area contributed by atoms with Crippen molar-refractivity contribution in [3.63, 3.8) is 0 Å². The third-order valence-electron chi connectivity index (χ3n) is 4.58. The fraction of sp³-hybridized carbons (Fsp3) is 0.136. The van der Waals surface area contributed by atoms with Crippen molar-refractivity contribution in [1.29, 1.82) is 0 Å². The third-order valence-corrected chi connectivity index (χ3v) is 7.11. The zero-order valence-electron chi connectivity index (χ0n) is 17.3. The lowest BCUT2D eigenvalue weighted by Gasteiger charge is -2.16. The Balaban J connectivity index is 1.71. The van der Waals surface area contributed by atoms with Gasteiger partial charge in [-0.25, -0.2) is 30.7 Å². The number of sulfone groups is 1. The second-order valence-electron chi connectivity index (χ2n) is 7.10. The number of carboxylic acids is 1. The van der Waals surface area contributed by atoms with Crippen molar-refractivity contribution in [3.8, 4) is 5.75 Å². The molecule has 11 heteroatoms. The van der Waals surface area contributed by atoms with Crippen LogP contribution >= 0.6 is 0 Å². The fourth-order valence-corrected chi connectivity index (χ4v) is 4.56. The molecule has 0 aliphatic heterocycles. The van der Waals surface area contributed by atoms with Gasteiger partial charge in [0.05, 0.1) is 9.79 Å². The highest BCUT2D eigenvalue weighted by Gasteiger charge is 2.23. The molecule has 174 valence electrons. The van der Waals surface area contributed by atoms with E-state index in [4.69, 9.17) is 4.74 Å². The number of nitrogens with one attached hydrogen (secondary N) is 1. The van der Waals surface area contributed by atoms with Gasteiger partial charge in [-0.15, -0.1) is 0 Å². The summed E-state index contributed by atoms with van der Waals surface area (Å²) in [7, 11) is -7.37. The van der Waals surface area contributed by atoms with Gasteiger partial charge >= 0.3 is 5.97 Å². The van der Waals surface area contributed by atoms with Crippen molar-refractivity contribution in [2.45, 2.75) is 22.4 Å². The molecule has 0 heterocycles. The van der Waals surface area contributed by atoms with Crippen LogP contribution < -0.4 is 9.46 Å². The molecule has 3 aromatic carbocycles. The number of halogens is 1. The lowest BCUT2D eigenvalue weighted by atomic mass is 10.1. The average Bonchev–Trinajstić information content (AvgIpc) is 2.76. The van der Waals surface area contributed by atoms with Gasteiger partial charge in [-0.2, -0.15) is 0 Å². The third kappa shape index (κ3) is 6.37. The van der Waals surface area contributed by atoms with Crippen LogP contribution in [0.4, 0.5) is 4.39 Å². The van der Waals surface area contributed by atoms with Crippen molar-refractivity contribution < 1.29 is 35.9 Å². The Morgan fingerprint density at radius 3 is 2.18 bits per heavy atom. The van der Waals surface area contributed by atoms with E-state index >= 15 is 0 Å². The number of benzene rings is 3. The highest BCUT2D eigenvalue weighted by atomic mass is 32.2. The maximum Gasteiger partial charge on any atom is 0.349 e. The van der Waals surface area contributed by atoms with Gasteiger partial charge in [0.1, 0.15) is 11.6 Å². The summed E-state index contributed by atoms with van der Waals surface area (Å²) in [6.45, 7) is -0.0568. The van der Waals surface area contributed by atoms with Gasteiger partial charge in [0.25, 0.3) is 0 Å². The minimum atomic E-state index is -3.84. The first-order valence-electron chi connectivity index (χ1n) is 9.49. The topological polar surface area (TPSA) is 127 Å². The van der Waals surface area contributed by atoms with Gasteiger partial charge in [-0.3, -0.25) is 0 Å². The second kappa shape index (κ2) is 9.69. The van der Waals surface area contributed by atoms with Crippen LogP contribution in [-0.2, 0) is 31.2 Å². The zero-order valence-corrected chi connectivity index (χ0v) is 18.9. The number of aliphatic carboxylic acids is 1. The predicted octanol–water partition coefficient (Wildman–Crippen LogP) is 2.91. The largest absolute Gasteiger partial charge is 0.478 e. The summed E-state index contributed by atoms with van der Waals surface area (Å²) in [5, 5.41) is 9.56. The van der Waals surface area contributed by atoms with E-state index in [-0.39, 0.29) is 27.6 Å². The number of carboxylic acid groups (broad SMARTS) is 1. The molecule has 0 amide bonds. The lowest BCUT2D eigenvalue weighted by molar-refractivity contribution is -0.145. The van der Waals surface area contributed by atoms with E-state index < -0.39 is 37.8 Å². The van der Waals surface area contributed by atoms with Crippen molar-refractivity contribution in [2.24, 2.45) is 0 Å². The van der Waals surface area contributed by atoms with Crippen LogP contribution in [0, 0.1) is 5.82 Å². The van der Waals surface area contributed by atoms with Crippen LogP contribution in [0.3, 0.4) is 0 Å². The smallest absolute Gasteiger partial charge is 0.349 e. The molecule has 3 aromatic rings. The summed E-state index contributed by atoms with van der Waals surface area (Å²) in [5.74, 6) is -1.67. The number of hydrogen-bond donors (Lipinski definition) is 2. The zero-order chi connectivity index (χ0) is 24.2. The first kappa shape index (κ1) is 24.4. The Hall–Kier alpha value is -3.28. The molecule has 0 fully saturated rings. The summed E-state index contributed by atoms with van der Waals surface area (Å²) in [6.07, 6.45) is -0.430. The summed E-state index contributed by atoms with van der Waals surface area (Å²) in [5.41, 5.74) is 0.723. The maximum absolute atomic E-state index is 13.0. The van der Waals surface area contributed by atoms with E-state index in [9.17, 15) is 31.1 Å². The second-order valence-corrected chi connectivity index (χ2v) is 10.9. The molecule has 0 saturated carbocycles. The van der Waals surface area contributed by atoms with E-state index in [1.54, 1.807) is 12.1 Å². The van der Waals surface area contributed by atoms with Crippen LogP contribution in [0.2, 0.25) is 0 Å². The molecular formula is C22H20FNO7S2. The van der Waals surface area contributed by atoms with Crippen LogP contribution in [-0.4, -0.2) is 34.2 Å². The van der Waals surface area contributed by atoms with E-state index in [0.29, 0.717) is 5.56 Å². The molecular weight excluding hydrogens is 473 g/mol. The first-order chi connectivity index (χ1) is 15.5. The normalized spacial score (nSPS) is 12.8. The Morgan fingerprint density at radius 2 is 1.61 bits per heavy atom. The maximum atomic E-state index is 13.0. The summed E-state index contributed by atoms with van der Waals surface area (Å²) < 4.78 is 69.0. The molecule has 0 aliphatic carbocycles. The fourth-order valence-electron chi connectivity index (χ4n) is 2.87. The SMILES string of the molecule is CS(=O)(=O)c1cccc(C(Oc2ccc(CNS(=O)(=O)c3ccc(F)cc3)cc2)C(=O)O)c1. The Bertz CT molecular complexity index is 1350. The summed E-state index contributed by atoms with van der Waals surface area (Å²) >= 11 is 0. The number of ether oxygens (including phenoxy) is 1. The van der Waals surface area contributed by atoms with Gasteiger partial charge in [-0.05, 0) is 54.1 Å². The molecule has 0 aliphatic rings.